The molecule has 1 aromatic carbocycles. The highest BCUT2D eigenvalue weighted by atomic mass is 19.2. The topological polar surface area (TPSA) is 0 Å². The first-order valence-electron chi connectivity index (χ1n) is 9.28. The molecule has 0 aromatic heterocycles. The Morgan fingerprint density at radius 2 is 1.70 bits per heavy atom. The molecule has 0 amide bonds. The van der Waals surface area contributed by atoms with Crippen molar-refractivity contribution in [3.05, 3.63) is 41.7 Å². The van der Waals surface area contributed by atoms with E-state index in [0.717, 1.165) is 30.7 Å². The first-order valence-corrected chi connectivity index (χ1v) is 9.28. The molecule has 0 aliphatic heterocycles. The van der Waals surface area contributed by atoms with Gasteiger partial charge in [0, 0.05) is 0 Å². The SMILES string of the molecule is CCCC1CCC(C2CCC(c3ccccc3)=C(F)C2F)CC1. The summed E-state index contributed by atoms with van der Waals surface area (Å²) in [5.74, 6) is 0.590. The lowest BCUT2D eigenvalue weighted by molar-refractivity contribution is 0.110. The van der Waals surface area contributed by atoms with Gasteiger partial charge in [0.05, 0.1) is 0 Å². The fourth-order valence-corrected chi connectivity index (χ4v) is 4.64. The number of benzene rings is 1. The second-order valence-corrected chi connectivity index (χ2v) is 7.37. The Hall–Kier alpha value is -1.18. The Bertz CT molecular complexity index is 526. The largest absolute Gasteiger partial charge is 0.239 e. The molecule has 2 heteroatoms. The van der Waals surface area contributed by atoms with Crippen molar-refractivity contribution in [1.29, 1.82) is 0 Å². The van der Waals surface area contributed by atoms with Gasteiger partial charge >= 0.3 is 0 Å². The van der Waals surface area contributed by atoms with Crippen LogP contribution in [-0.2, 0) is 0 Å². The summed E-state index contributed by atoms with van der Waals surface area (Å²) in [5.41, 5.74) is 1.44. The molecule has 0 spiro atoms. The summed E-state index contributed by atoms with van der Waals surface area (Å²) in [6.45, 7) is 2.23. The van der Waals surface area contributed by atoms with E-state index >= 15 is 0 Å². The lowest BCUT2D eigenvalue weighted by Crippen LogP contribution is -2.31. The highest BCUT2D eigenvalue weighted by molar-refractivity contribution is 5.68. The van der Waals surface area contributed by atoms with Gasteiger partial charge in [0.25, 0.3) is 0 Å². The number of hydrogen-bond donors (Lipinski definition) is 0. The van der Waals surface area contributed by atoms with Gasteiger partial charge in [-0.15, -0.1) is 0 Å². The normalized spacial score (nSPS) is 32.1. The molecule has 0 heterocycles. The smallest absolute Gasteiger partial charge is 0.155 e. The van der Waals surface area contributed by atoms with Crippen LogP contribution in [0.25, 0.3) is 5.57 Å². The number of halogens is 2. The van der Waals surface area contributed by atoms with Gasteiger partial charge in [-0.05, 0) is 54.6 Å². The third-order valence-corrected chi connectivity index (χ3v) is 5.95. The summed E-state index contributed by atoms with van der Waals surface area (Å²) >= 11 is 0. The van der Waals surface area contributed by atoms with Crippen LogP contribution in [-0.4, -0.2) is 6.17 Å². The molecular formula is C21H28F2. The standard InChI is InChI=1S/C21H28F2/c1-2-6-15-9-11-17(12-10-15)19-14-13-18(20(22)21(19)23)16-7-4-3-5-8-16/h3-5,7-8,15,17,19,21H,2,6,9-14H2,1H3. The average molecular weight is 318 g/mol. The molecule has 1 saturated carbocycles. The van der Waals surface area contributed by atoms with E-state index in [2.05, 4.69) is 6.92 Å². The van der Waals surface area contributed by atoms with Crippen LogP contribution < -0.4 is 0 Å². The maximum absolute atomic E-state index is 14.8. The predicted molar refractivity (Wildman–Crippen MR) is 92.4 cm³/mol. The summed E-state index contributed by atoms with van der Waals surface area (Å²) in [6.07, 6.45) is 7.19. The Balaban J connectivity index is 1.68. The zero-order valence-electron chi connectivity index (χ0n) is 14.1. The first kappa shape index (κ1) is 16.7. The Morgan fingerprint density at radius 1 is 1.00 bits per heavy atom. The van der Waals surface area contributed by atoms with Crippen LogP contribution >= 0.6 is 0 Å². The van der Waals surface area contributed by atoms with E-state index in [9.17, 15) is 8.78 Å². The van der Waals surface area contributed by atoms with E-state index in [0.29, 0.717) is 17.9 Å². The van der Waals surface area contributed by atoms with Gasteiger partial charge in [-0.25, -0.2) is 8.78 Å². The van der Waals surface area contributed by atoms with Crippen molar-refractivity contribution in [2.45, 2.75) is 64.5 Å². The van der Waals surface area contributed by atoms with Crippen molar-refractivity contribution in [2.75, 3.05) is 0 Å². The Morgan fingerprint density at radius 3 is 2.35 bits per heavy atom. The lowest BCUT2D eigenvalue weighted by Gasteiger charge is -2.37. The maximum atomic E-state index is 14.8. The summed E-state index contributed by atoms with van der Waals surface area (Å²) in [6, 6.07) is 9.47. The molecule has 3 rings (SSSR count). The molecule has 126 valence electrons. The van der Waals surface area contributed by atoms with Crippen LogP contribution in [0.5, 0.6) is 0 Å². The van der Waals surface area contributed by atoms with Crippen molar-refractivity contribution in [3.8, 4) is 0 Å². The van der Waals surface area contributed by atoms with Gasteiger partial charge in [-0.3, -0.25) is 0 Å². The van der Waals surface area contributed by atoms with Crippen molar-refractivity contribution >= 4 is 5.57 Å². The van der Waals surface area contributed by atoms with Gasteiger partial charge in [0.1, 0.15) is 5.83 Å². The van der Waals surface area contributed by atoms with Crippen LogP contribution in [0.1, 0.15) is 63.9 Å². The minimum Gasteiger partial charge on any atom is -0.239 e. The maximum Gasteiger partial charge on any atom is 0.155 e. The van der Waals surface area contributed by atoms with E-state index in [4.69, 9.17) is 0 Å². The van der Waals surface area contributed by atoms with Gasteiger partial charge in [0.2, 0.25) is 0 Å². The number of allylic oxidation sites excluding steroid dienone is 2. The fraction of sp³-hybridized carbons (Fsp3) is 0.619. The third kappa shape index (κ3) is 3.67. The third-order valence-electron chi connectivity index (χ3n) is 5.95. The lowest BCUT2D eigenvalue weighted by atomic mass is 9.69. The zero-order valence-corrected chi connectivity index (χ0v) is 14.1. The monoisotopic (exact) mass is 318 g/mol. The minimum absolute atomic E-state index is 0.106. The van der Waals surface area contributed by atoms with E-state index < -0.39 is 12.0 Å². The van der Waals surface area contributed by atoms with E-state index in [1.807, 2.05) is 30.3 Å². The van der Waals surface area contributed by atoms with Gasteiger partial charge in [-0.2, -0.15) is 0 Å². The summed E-state index contributed by atoms with van der Waals surface area (Å²) in [5, 5.41) is 0. The van der Waals surface area contributed by atoms with Crippen molar-refractivity contribution in [1.82, 2.24) is 0 Å². The molecule has 2 aliphatic rings. The molecule has 0 nitrogen and oxygen atoms in total. The quantitative estimate of drug-likeness (QED) is 0.578. The molecule has 1 fully saturated rings. The van der Waals surface area contributed by atoms with E-state index in [1.165, 1.54) is 25.7 Å². The molecule has 0 radical (unpaired) electrons. The first-order chi connectivity index (χ1) is 11.2. The molecule has 2 aliphatic carbocycles. The van der Waals surface area contributed by atoms with Gasteiger partial charge < -0.3 is 0 Å². The van der Waals surface area contributed by atoms with Gasteiger partial charge in [-0.1, -0.05) is 62.9 Å². The Labute approximate surface area is 139 Å². The zero-order chi connectivity index (χ0) is 16.2. The van der Waals surface area contributed by atoms with Crippen molar-refractivity contribution < 1.29 is 8.78 Å². The summed E-state index contributed by atoms with van der Waals surface area (Å²) < 4.78 is 29.4. The van der Waals surface area contributed by atoms with Crippen LogP contribution in [0.3, 0.4) is 0 Å². The molecular weight excluding hydrogens is 290 g/mol. The average Bonchev–Trinajstić information content (AvgIpc) is 2.59. The number of rotatable bonds is 4. The summed E-state index contributed by atoms with van der Waals surface area (Å²) in [4.78, 5) is 0. The molecule has 0 N–H and O–H groups in total. The van der Waals surface area contributed by atoms with Gasteiger partial charge in [0.15, 0.2) is 6.17 Å². The highest BCUT2D eigenvalue weighted by Crippen LogP contribution is 2.46. The molecule has 1 aromatic rings. The fourth-order valence-electron chi connectivity index (χ4n) is 4.64. The highest BCUT2D eigenvalue weighted by Gasteiger charge is 2.38. The van der Waals surface area contributed by atoms with E-state index in [1.54, 1.807) is 0 Å². The van der Waals surface area contributed by atoms with Crippen LogP contribution in [0.15, 0.2) is 36.2 Å². The molecule has 2 unspecified atom stereocenters. The Kier molecular flexibility index (Phi) is 5.50. The molecule has 2 atom stereocenters. The second kappa shape index (κ2) is 7.59. The second-order valence-electron chi connectivity index (χ2n) is 7.37. The van der Waals surface area contributed by atoms with Crippen molar-refractivity contribution in [2.24, 2.45) is 17.8 Å². The van der Waals surface area contributed by atoms with E-state index in [-0.39, 0.29) is 5.92 Å². The number of hydrogen-bond acceptors (Lipinski definition) is 0. The molecule has 23 heavy (non-hydrogen) atoms. The van der Waals surface area contributed by atoms with Crippen LogP contribution in [0, 0.1) is 17.8 Å². The van der Waals surface area contributed by atoms with Crippen LogP contribution in [0.2, 0.25) is 0 Å². The predicted octanol–water partition coefficient (Wildman–Crippen LogP) is 6.72. The van der Waals surface area contributed by atoms with Crippen LogP contribution in [0.4, 0.5) is 8.78 Å². The molecule has 0 saturated heterocycles. The number of alkyl halides is 1. The summed E-state index contributed by atoms with van der Waals surface area (Å²) in [7, 11) is 0. The molecule has 0 bridgehead atoms. The minimum atomic E-state index is -1.40. The van der Waals surface area contributed by atoms with Crippen molar-refractivity contribution in [3.63, 3.8) is 0 Å².